The van der Waals surface area contributed by atoms with Crippen LogP contribution >= 0.6 is 0 Å². The zero-order chi connectivity index (χ0) is 20.4. The standard InChI is InChI=1S/C25H28N2O2/c1-16(25(26)28)21-14-23(27-15-22(21)17-8-4-3-5-9-17)20-13-12-18-10-6-7-11-19(18)24(20)29-2/h3-13,16,21-23,27H,14-15H2,1-2H3,(H2,26,28). The highest BCUT2D eigenvalue weighted by atomic mass is 16.5. The minimum atomic E-state index is -0.234. The lowest BCUT2D eigenvalue weighted by Gasteiger charge is -2.40. The molecule has 0 bridgehead atoms. The lowest BCUT2D eigenvalue weighted by molar-refractivity contribution is -0.123. The molecule has 4 rings (SSSR count). The molecule has 3 aromatic carbocycles. The minimum Gasteiger partial charge on any atom is -0.496 e. The number of rotatable bonds is 5. The van der Waals surface area contributed by atoms with Gasteiger partial charge in [-0.25, -0.2) is 0 Å². The summed E-state index contributed by atoms with van der Waals surface area (Å²) in [5, 5.41) is 5.99. The van der Waals surface area contributed by atoms with Crippen LogP contribution in [0.1, 0.15) is 36.4 Å². The lowest BCUT2D eigenvalue weighted by atomic mass is 9.71. The van der Waals surface area contributed by atoms with Gasteiger partial charge in [-0.15, -0.1) is 0 Å². The van der Waals surface area contributed by atoms with Crippen LogP contribution in [0.2, 0.25) is 0 Å². The summed E-state index contributed by atoms with van der Waals surface area (Å²) in [6.07, 6.45) is 0.832. The molecule has 0 aliphatic carbocycles. The van der Waals surface area contributed by atoms with E-state index in [1.807, 2.05) is 25.1 Å². The number of nitrogens with two attached hydrogens (primary N) is 1. The summed E-state index contributed by atoms with van der Waals surface area (Å²) in [6, 6.07) is 23.1. The van der Waals surface area contributed by atoms with Crippen LogP contribution in [0.4, 0.5) is 0 Å². The second kappa shape index (κ2) is 8.26. The number of nitrogens with one attached hydrogen (secondary N) is 1. The van der Waals surface area contributed by atoms with E-state index < -0.39 is 0 Å². The van der Waals surface area contributed by atoms with Crippen LogP contribution in [0.15, 0.2) is 66.7 Å². The number of amides is 1. The summed E-state index contributed by atoms with van der Waals surface area (Å²) in [5.74, 6) is 0.890. The van der Waals surface area contributed by atoms with E-state index in [0.717, 1.165) is 35.1 Å². The Morgan fingerprint density at radius 3 is 2.52 bits per heavy atom. The Labute approximate surface area is 172 Å². The van der Waals surface area contributed by atoms with Gasteiger partial charge in [0.25, 0.3) is 0 Å². The average molecular weight is 389 g/mol. The lowest BCUT2D eigenvalue weighted by Crippen LogP contribution is -2.43. The number of fused-ring (bicyclic) bond motifs is 1. The van der Waals surface area contributed by atoms with Gasteiger partial charge in [-0.2, -0.15) is 0 Å². The summed E-state index contributed by atoms with van der Waals surface area (Å²) in [4.78, 5) is 12.1. The molecule has 150 valence electrons. The van der Waals surface area contributed by atoms with Crippen molar-refractivity contribution in [1.82, 2.24) is 5.32 Å². The monoisotopic (exact) mass is 388 g/mol. The molecule has 1 fully saturated rings. The van der Waals surface area contributed by atoms with Crippen LogP contribution in [0, 0.1) is 11.8 Å². The molecule has 0 aromatic heterocycles. The fourth-order valence-corrected chi connectivity index (χ4v) is 4.77. The van der Waals surface area contributed by atoms with Gasteiger partial charge in [-0.05, 0) is 23.3 Å². The third-order valence-corrected chi connectivity index (χ3v) is 6.42. The van der Waals surface area contributed by atoms with Crippen LogP contribution in [0.5, 0.6) is 5.75 Å². The normalized spacial score (nSPS) is 22.9. The highest BCUT2D eigenvalue weighted by Crippen LogP contribution is 2.43. The van der Waals surface area contributed by atoms with E-state index >= 15 is 0 Å². The Morgan fingerprint density at radius 1 is 1.07 bits per heavy atom. The number of piperidine rings is 1. The first kappa shape index (κ1) is 19.5. The minimum absolute atomic E-state index is 0.112. The fraction of sp³-hybridized carbons (Fsp3) is 0.320. The van der Waals surface area contributed by atoms with Crippen molar-refractivity contribution in [2.24, 2.45) is 17.6 Å². The van der Waals surface area contributed by atoms with Gasteiger partial charge in [-0.3, -0.25) is 4.79 Å². The summed E-state index contributed by atoms with van der Waals surface area (Å²) in [6.45, 7) is 2.76. The number of carbonyl (C=O) groups excluding carboxylic acids is 1. The Balaban J connectivity index is 1.70. The molecule has 1 heterocycles. The van der Waals surface area contributed by atoms with Crippen molar-refractivity contribution in [3.8, 4) is 5.75 Å². The van der Waals surface area contributed by atoms with Gasteiger partial charge in [-0.1, -0.05) is 73.7 Å². The zero-order valence-electron chi connectivity index (χ0n) is 17.0. The molecule has 29 heavy (non-hydrogen) atoms. The van der Waals surface area contributed by atoms with E-state index in [0.29, 0.717) is 0 Å². The van der Waals surface area contributed by atoms with Crippen LogP contribution in [-0.4, -0.2) is 19.6 Å². The van der Waals surface area contributed by atoms with Crippen LogP contribution in [0.25, 0.3) is 10.8 Å². The zero-order valence-corrected chi connectivity index (χ0v) is 17.0. The smallest absolute Gasteiger partial charge is 0.220 e. The molecule has 1 saturated heterocycles. The third kappa shape index (κ3) is 3.73. The van der Waals surface area contributed by atoms with Gasteiger partial charge in [0.15, 0.2) is 0 Å². The maximum absolute atomic E-state index is 12.1. The van der Waals surface area contributed by atoms with Crippen molar-refractivity contribution in [2.45, 2.75) is 25.3 Å². The molecular formula is C25H28N2O2. The summed E-state index contributed by atoms with van der Waals surface area (Å²) < 4.78 is 5.83. The van der Waals surface area contributed by atoms with Crippen molar-refractivity contribution in [3.63, 3.8) is 0 Å². The fourth-order valence-electron chi connectivity index (χ4n) is 4.77. The predicted octanol–water partition coefficient (Wildman–Crippen LogP) is 4.40. The quantitative estimate of drug-likeness (QED) is 0.681. The first-order chi connectivity index (χ1) is 14.1. The Hall–Kier alpha value is -2.85. The first-order valence-electron chi connectivity index (χ1n) is 10.2. The van der Waals surface area contributed by atoms with Gasteiger partial charge >= 0.3 is 0 Å². The average Bonchev–Trinajstić information content (AvgIpc) is 2.77. The molecule has 0 saturated carbocycles. The van der Waals surface area contributed by atoms with Gasteiger partial charge in [0, 0.05) is 35.4 Å². The van der Waals surface area contributed by atoms with Crippen molar-refractivity contribution in [3.05, 3.63) is 77.9 Å². The number of hydrogen-bond acceptors (Lipinski definition) is 3. The van der Waals surface area contributed by atoms with Gasteiger partial charge < -0.3 is 15.8 Å². The molecule has 1 aliphatic heterocycles. The highest BCUT2D eigenvalue weighted by molar-refractivity contribution is 5.89. The van der Waals surface area contributed by atoms with E-state index in [-0.39, 0.29) is 29.7 Å². The number of methoxy groups -OCH3 is 1. The van der Waals surface area contributed by atoms with Crippen LogP contribution < -0.4 is 15.8 Å². The number of primary amides is 1. The number of carbonyl (C=O) groups is 1. The summed E-state index contributed by atoms with van der Waals surface area (Å²) >= 11 is 0. The van der Waals surface area contributed by atoms with Gasteiger partial charge in [0.05, 0.1) is 7.11 Å². The second-order valence-electron chi connectivity index (χ2n) is 7.98. The number of benzene rings is 3. The van der Waals surface area contributed by atoms with E-state index in [1.165, 1.54) is 5.56 Å². The van der Waals surface area contributed by atoms with Crippen LogP contribution in [0.3, 0.4) is 0 Å². The van der Waals surface area contributed by atoms with Gasteiger partial charge in [0.2, 0.25) is 5.91 Å². The molecule has 4 unspecified atom stereocenters. The second-order valence-corrected chi connectivity index (χ2v) is 7.98. The van der Waals surface area contributed by atoms with Crippen molar-refractivity contribution in [2.75, 3.05) is 13.7 Å². The highest BCUT2D eigenvalue weighted by Gasteiger charge is 2.38. The van der Waals surface area contributed by atoms with E-state index in [4.69, 9.17) is 10.5 Å². The van der Waals surface area contributed by atoms with E-state index in [2.05, 4.69) is 53.8 Å². The maximum Gasteiger partial charge on any atom is 0.220 e. The molecule has 1 aliphatic rings. The van der Waals surface area contributed by atoms with Crippen LogP contribution in [-0.2, 0) is 4.79 Å². The topological polar surface area (TPSA) is 64.3 Å². The van der Waals surface area contributed by atoms with E-state index in [9.17, 15) is 4.79 Å². The third-order valence-electron chi connectivity index (χ3n) is 6.42. The Kier molecular flexibility index (Phi) is 5.54. The molecule has 0 radical (unpaired) electrons. The van der Waals surface area contributed by atoms with Gasteiger partial charge in [0.1, 0.15) is 5.75 Å². The number of hydrogen-bond donors (Lipinski definition) is 2. The summed E-state index contributed by atoms with van der Waals surface area (Å²) in [7, 11) is 1.73. The van der Waals surface area contributed by atoms with E-state index in [1.54, 1.807) is 7.11 Å². The molecule has 3 N–H and O–H groups in total. The Bertz CT molecular complexity index is 1000. The first-order valence-corrected chi connectivity index (χ1v) is 10.2. The molecule has 4 nitrogen and oxygen atoms in total. The molecular weight excluding hydrogens is 360 g/mol. The SMILES string of the molecule is COc1c(C2CC(C(C)C(N)=O)C(c3ccccc3)CN2)ccc2ccccc12. The molecule has 0 spiro atoms. The molecule has 4 atom stereocenters. The largest absolute Gasteiger partial charge is 0.496 e. The molecule has 1 amide bonds. The number of ether oxygens (including phenoxy) is 1. The molecule has 3 aromatic rings. The maximum atomic E-state index is 12.1. The predicted molar refractivity (Wildman–Crippen MR) is 117 cm³/mol. The van der Waals surface area contributed by atoms with Crippen molar-refractivity contribution < 1.29 is 9.53 Å². The van der Waals surface area contributed by atoms with Crippen molar-refractivity contribution >= 4 is 16.7 Å². The Morgan fingerprint density at radius 2 is 1.79 bits per heavy atom. The summed E-state index contributed by atoms with van der Waals surface area (Å²) in [5.41, 5.74) is 8.13. The molecule has 4 heteroatoms. The van der Waals surface area contributed by atoms with Crippen molar-refractivity contribution in [1.29, 1.82) is 0 Å².